The van der Waals surface area contributed by atoms with E-state index < -0.39 is 0 Å². The fourth-order valence-electron chi connectivity index (χ4n) is 3.91. The van der Waals surface area contributed by atoms with E-state index >= 15 is 0 Å². The highest BCUT2D eigenvalue weighted by Gasteiger charge is 2.30. The third-order valence-corrected chi connectivity index (χ3v) is 5.29. The molecule has 1 heterocycles. The van der Waals surface area contributed by atoms with Crippen LogP contribution in [-0.4, -0.2) is 7.05 Å². The highest BCUT2D eigenvalue weighted by molar-refractivity contribution is 5.77. The second kappa shape index (κ2) is 6.23. The molecule has 0 saturated heterocycles. The summed E-state index contributed by atoms with van der Waals surface area (Å²) in [5.41, 5.74) is 1.00. The number of benzene rings is 1. The van der Waals surface area contributed by atoms with Crippen LogP contribution in [0.5, 0.6) is 0 Å². The lowest BCUT2D eigenvalue weighted by Crippen LogP contribution is -2.29. The molecule has 0 aliphatic heterocycles. The van der Waals surface area contributed by atoms with Crippen LogP contribution in [0.25, 0.3) is 11.0 Å². The van der Waals surface area contributed by atoms with Crippen molar-refractivity contribution in [3.63, 3.8) is 0 Å². The Bertz CT molecular complexity index is 545. The smallest absolute Gasteiger partial charge is 0.134 e. The van der Waals surface area contributed by atoms with Gasteiger partial charge in [0.15, 0.2) is 0 Å². The summed E-state index contributed by atoms with van der Waals surface area (Å²) >= 11 is 0. The molecular formula is C19H27NO. The zero-order chi connectivity index (χ0) is 14.8. The largest absolute Gasteiger partial charge is 0.459 e. The van der Waals surface area contributed by atoms with E-state index in [0.717, 1.165) is 23.2 Å². The Kier molecular flexibility index (Phi) is 4.34. The van der Waals surface area contributed by atoms with Gasteiger partial charge in [0.25, 0.3) is 0 Å². The van der Waals surface area contributed by atoms with Gasteiger partial charge < -0.3 is 9.73 Å². The number of nitrogens with one attached hydrogen (secondary N) is 1. The van der Waals surface area contributed by atoms with Crippen LogP contribution in [0.4, 0.5) is 0 Å². The zero-order valence-electron chi connectivity index (χ0n) is 13.4. The summed E-state index contributed by atoms with van der Waals surface area (Å²) < 4.78 is 6.09. The van der Waals surface area contributed by atoms with Gasteiger partial charge >= 0.3 is 0 Å². The van der Waals surface area contributed by atoms with Crippen LogP contribution in [0.3, 0.4) is 0 Å². The van der Waals surface area contributed by atoms with E-state index in [1.807, 2.05) is 6.07 Å². The van der Waals surface area contributed by atoms with Gasteiger partial charge in [-0.05, 0) is 62.6 Å². The van der Waals surface area contributed by atoms with Crippen LogP contribution >= 0.6 is 0 Å². The van der Waals surface area contributed by atoms with Crippen molar-refractivity contribution in [2.75, 3.05) is 7.05 Å². The van der Waals surface area contributed by atoms with Crippen LogP contribution in [0.1, 0.15) is 51.3 Å². The Morgan fingerprint density at radius 2 is 1.71 bits per heavy atom. The molecule has 2 nitrogen and oxygen atoms in total. The van der Waals surface area contributed by atoms with Crippen LogP contribution in [0, 0.1) is 17.8 Å². The van der Waals surface area contributed by atoms with E-state index in [0.29, 0.717) is 12.0 Å². The molecular weight excluding hydrogens is 258 g/mol. The molecule has 3 rings (SSSR count). The number of furan rings is 1. The van der Waals surface area contributed by atoms with Crippen molar-refractivity contribution in [2.45, 2.75) is 45.6 Å². The molecule has 0 spiro atoms. The molecule has 0 bridgehead atoms. The lowest BCUT2D eigenvalue weighted by Gasteiger charge is -2.34. The van der Waals surface area contributed by atoms with Crippen LogP contribution in [-0.2, 0) is 0 Å². The molecule has 1 atom stereocenters. The molecule has 1 N–H and O–H groups in total. The molecule has 1 fully saturated rings. The topological polar surface area (TPSA) is 25.2 Å². The van der Waals surface area contributed by atoms with Gasteiger partial charge in [-0.1, -0.05) is 32.0 Å². The summed E-state index contributed by atoms with van der Waals surface area (Å²) in [5.74, 6) is 3.54. The maximum absolute atomic E-state index is 6.09. The molecule has 1 aliphatic rings. The summed E-state index contributed by atoms with van der Waals surface area (Å²) in [5, 5.41) is 4.71. The van der Waals surface area contributed by atoms with Crippen molar-refractivity contribution in [3.05, 3.63) is 36.1 Å². The molecule has 21 heavy (non-hydrogen) atoms. The van der Waals surface area contributed by atoms with Gasteiger partial charge in [-0.15, -0.1) is 0 Å². The van der Waals surface area contributed by atoms with E-state index in [2.05, 4.69) is 50.5 Å². The van der Waals surface area contributed by atoms with Gasteiger partial charge in [-0.2, -0.15) is 0 Å². The summed E-state index contributed by atoms with van der Waals surface area (Å²) in [7, 11) is 2.06. The van der Waals surface area contributed by atoms with Gasteiger partial charge in [0, 0.05) is 5.39 Å². The predicted octanol–water partition coefficient (Wildman–Crippen LogP) is 5.16. The maximum Gasteiger partial charge on any atom is 0.134 e. The number of rotatable bonds is 4. The maximum atomic E-state index is 6.09. The zero-order valence-corrected chi connectivity index (χ0v) is 13.4. The Balaban J connectivity index is 1.76. The molecule has 1 saturated carbocycles. The van der Waals surface area contributed by atoms with Crippen LogP contribution in [0.2, 0.25) is 0 Å². The van der Waals surface area contributed by atoms with Crippen molar-refractivity contribution >= 4 is 11.0 Å². The quantitative estimate of drug-likeness (QED) is 0.839. The first-order valence-corrected chi connectivity index (χ1v) is 8.34. The molecule has 1 unspecified atom stereocenters. The molecule has 2 heteroatoms. The summed E-state index contributed by atoms with van der Waals surface area (Å²) in [6, 6.07) is 10.9. The highest BCUT2D eigenvalue weighted by atomic mass is 16.3. The van der Waals surface area contributed by atoms with E-state index in [1.54, 1.807) is 0 Å². The monoisotopic (exact) mass is 285 g/mol. The molecule has 1 aromatic carbocycles. The summed E-state index contributed by atoms with van der Waals surface area (Å²) in [6.45, 7) is 4.72. The van der Waals surface area contributed by atoms with E-state index in [4.69, 9.17) is 4.42 Å². The Morgan fingerprint density at radius 1 is 1.05 bits per heavy atom. The highest BCUT2D eigenvalue weighted by Crippen LogP contribution is 2.40. The van der Waals surface area contributed by atoms with E-state index in [9.17, 15) is 0 Å². The van der Waals surface area contributed by atoms with Gasteiger partial charge in [0.05, 0.1) is 6.04 Å². The Morgan fingerprint density at radius 3 is 2.33 bits per heavy atom. The van der Waals surface area contributed by atoms with E-state index in [-0.39, 0.29) is 0 Å². The van der Waals surface area contributed by atoms with Crippen molar-refractivity contribution in [1.82, 2.24) is 5.32 Å². The summed E-state index contributed by atoms with van der Waals surface area (Å²) in [4.78, 5) is 0. The standard InChI is InChI=1S/C19H27NO/c1-13(2)14-8-10-15(11-9-14)19(20-3)18-12-16-6-4-5-7-17(16)21-18/h4-7,12-15,19-20H,8-11H2,1-3H3. The number of para-hydroxylation sites is 1. The SMILES string of the molecule is CNC(c1cc2ccccc2o1)C1CCC(C(C)C)CC1. The lowest BCUT2D eigenvalue weighted by molar-refractivity contribution is 0.183. The minimum Gasteiger partial charge on any atom is -0.459 e. The van der Waals surface area contributed by atoms with Crippen molar-refractivity contribution < 1.29 is 4.42 Å². The average molecular weight is 285 g/mol. The van der Waals surface area contributed by atoms with Crippen molar-refractivity contribution in [2.24, 2.45) is 17.8 Å². The molecule has 0 radical (unpaired) electrons. The molecule has 0 amide bonds. The van der Waals surface area contributed by atoms with Gasteiger partial charge in [-0.25, -0.2) is 0 Å². The normalized spacial score (nSPS) is 24.6. The third kappa shape index (κ3) is 3.01. The third-order valence-electron chi connectivity index (χ3n) is 5.29. The van der Waals surface area contributed by atoms with Crippen molar-refractivity contribution in [1.29, 1.82) is 0 Å². The van der Waals surface area contributed by atoms with Crippen LogP contribution in [0.15, 0.2) is 34.7 Å². The first-order chi connectivity index (χ1) is 10.2. The Labute approximate surface area is 127 Å². The fraction of sp³-hybridized carbons (Fsp3) is 0.579. The second-order valence-electron chi connectivity index (χ2n) is 6.87. The van der Waals surface area contributed by atoms with Gasteiger partial charge in [0.2, 0.25) is 0 Å². The molecule has 1 aromatic heterocycles. The van der Waals surface area contributed by atoms with Crippen LogP contribution < -0.4 is 5.32 Å². The molecule has 2 aromatic rings. The van der Waals surface area contributed by atoms with Gasteiger partial charge in [-0.3, -0.25) is 0 Å². The summed E-state index contributed by atoms with van der Waals surface area (Å²) in [6.07, 6.45) is 5.35. The first kappa shape index (κ1) is 14.6. The number of fused-ring (bicyclic) bond motifs is 1. The molecule has 114 valence electrons. The van der Waals surface area contributed by atoms with E-state index in [1.165, 1.54) is 31.1 Å². The second-order valence-corrected chi connectivity index (χ2v) is 6.87. The number of hydrogen-bond donors (Lipinski definition) is 1. The van der Waals surface area contributed by atoms with Crippen molar-refractivity contribution in [3.8, 4) is 0 Å². The molecule has 1 aliphatic carbocycles. The average Bonchev–Trinajstić information content (AvgIpc) is 2.92. The van der Waals surface area contributed by atoms with Gasteiger partial charge in [0.1, 0.15) is 11.3 Å². The Hall–Kier alpha value is -1.28. The lowest BCUT2D eigenvalue weighted by atomic mass is 9.74. The minimum absolute atomic E-state index is 0.352. The number of hydrogen-bond acceptors (Lipinski definition) is 2. The fourth-order valence-corrected chi connectivity index (χ4v) is 3.91. The minimum atomic E-state index is 0.352. The first-order valence-electron chi connectivity index (χ1n) is 8.34. The predicted molar refractivity (Wildman–Crippen MR) is 88.3 cm³/mol.